The molecule has 19 heavy (non-hydrogen) atoms. The number of pyridine rings is 1. The molecule has 0 aliphatic carbocycles. The maximum Gasteiger partial charge on any atom is 0.574 e. The summed E-state index contributed by atoms with van der Waals surface area (Å²) < 4.78 is 65.3. The van der Waals surface area contributed by atoms with Crippen molar-refractivity contribution in [2.24, 2.45) is 0 Å². The minimum absolute atomic E-state index is 0.289. The molecule has 104 valence electrons. The number of aromatic nitrogens is 1. The van der Waals surface area contributed by atoms with Crippen molar-refractivity contribution in [2.75, 3.05) is 0 Å². The standard InChI is InChI=1S/C10H6ClF5N2O/c11-4-6-8(9(12)13)5(1-2-17)3-7(18-6)19-10(14,15)16/h3,9H,1,4H2. The Kier molecular flexibility index (Phi) is 4.89. The van der Waals surface area contributed by atoms with Crippen molar-refractivity contribution in [3.8, 4) is 11.9 Å². The number of hydrogen-bond acceptors (Lipinski definition) is 3. The fourth-order valence-electron chi connectivity index (χ4n) is 1.41. The van der Waals surface area contributed by atoms with E-state index in [2.05, 4.69) is 9.72 Å². The Morgan fingerprint density at radius 1 is 1.42 bits per heavy atom. The van der Waals surface area contributed by atoms with Crippen molar-refractivity contribution in [1.29, 1.82) is 5.26 Å². The second-order valence-electron chi connectivity index (χ2n) is 3.30. The monoisotopic (exact) mass is 300 g/mol. The average molecular weight is 301 g/mol. The van der Waals surface area contributed by atoms with Crippen LogP contribution in [0.15, 0.2) is 6.07 Å². The summed E-state index contributed by atoms with van der Waals surface area (Å²) in [6.45, 7) is 0. The summed E-state index contributed by atoms with van der Waals surface area (Å²) in [5.74, 6) is -1.44. The zero-order valence-electron chi connectivity index (χ0n) is 9.14. The van der Waals surface area contributed by atoms with E-state index in [0.29, 0.717) is 6.07 Å². The quantitative estimate of drug-likeness (QED) is 0.629. The molecule has 0 radical (unpaired) electrons. The lowest BCUT2D eigenvalue weighted by Crippen LogP contribution is -2.19. The van der Waals surface area contributed by atoms with Gasteiger partial charge >= 0.3 is 6.36 Å². The Morgan fingerprint density at radius 3 is 2.47 bits per heavy atom. The molecule has 0 fully saturated rings. The van der Waals surface area contributed by atoms with Gasteiger partial charge in [-0.25, -0.2) is 13.8 Å². The van der Waals surface area contributed by atoms with Gasteiger partial charge in [-0.1, -0.05) is 0 Å². The van der Waals surface area contributed by atoms with E-state index in [1.54, 1.807) is 6.07 Å². The first kappa shape index (κ1) is 15.4. The molecule has 0 aliphatic rings. The van der Waals surface area contributed by atoms with Crippen LogP contribution in [0.5, 0.6) is 5.88 Å². The van der Waals surface area contributed by atoms with E-state index < -0.39 is 42.2 Å². The van der Waals surface area contributed by atoms with Gasteiger partial charge in [-0.15, -0.1) is 24.8 Å². The van der Waals surface area contributed by atoms with Gasteiger partial charge < -0.3 is 4.74 Å². The molecule has 0 unspecified atom stereocenters. The maximum atomic E-state index is 12.8. The summed E-state index contributed by atoms with van der Waals surface area (Å²) >= 11 is 5.38. The number of hydrogen-bond donors (Lipinski definition) is 0. The second-order valence-corrected chi connectivity index (χ2v) is 3.56. The van der Waals surface area contributed by atoms with Crippen LogP contribution in [0.3, 0.4) is 0 Å². The molecule has 0 saturated heterocycles. The summed E-state index contributed by atoms with van der Waals surface area (Å²) in [5.41, 5.74) is -1.36. The predicted molar refractivity (Wildman–Crippen MR) is 54.8 cm³/mol. The summed E-state index contributed by atoms with van der Waals surface area (Å²) in [6, 6.07) is 2.24. The van der Waals surface area contributed by atoms with Gasteiger partial charge in [0.15, 0.2) is 0 Å². The highest BCUT2D eigenvalue weighted by atomic mass is 35.5. The van der Waals surface area contributed by atoms with Gasteiger partial charge in [-0.2, -0.15) is 5.26 Å². The average Bonchev–Trinajstić information content (AvgIpc) is 2.25. The molecule has 0 saturated carbocycles. The van der Waals surface area contributed by atoms with E-state index in [9.17, 15) is 22.0 Å². The van der Waals surface area contributed by atoms with Gasteiger partial charge in [-0.05, 0) is 5.56 Å². The third kappa shape index (κ3) is 4.21. The van der Waals surface area contributed by atoms with Gasteiger partial charge in [0.1, 0.15) is 0 Å². The largest absolute Gasteiger partial charge is 0.574 e. The summed E-state index contributed by atoms with van der Waals surface area (Å²) in [6.07, 6.45) is -8.50. The predicted octanol–water partition coefficient (Wildman–Crippen LogP) is 3.72. The van der Waals surface area contributed by atoms with Crippen molar-refractivity contribution in [3.05, 3.63) is 22.9 Å². The van der Waals surface area contributed by atoms with Gasteiger partial charge in [0.05, 0.1) is 24.1 Å². The Bertz CT molecular complexity index is 498. The van der Waals surface area contributed by atoms with Crippen LogP contribution in [-0.2, 0) is 12.3 Å². The van der Waals surface area contributed by atoms with Crippen LogP contribution in [0, 0.1) is 11.3 Å². The van der Waals surface area contributed by atoms with Crippen molar-refractivity contribution < 1.29 is 26.7 Å². The van der Waals surface area contributed by atoms with Crippen LogP contribution in [0.25, 0.3) is 0 Å². The van der Waals surface area contributed by atoms with Crippen molar-refractivity contribution in [3.63, 3.8) is 0 Å². The highest BCUT2D eigenvalue weighted by Crippen LogP contribution is 2.31. The van der Waals surface area contributed by atoms with Crippen molar-refractivity contribution in [1.82, 2.24) is 4.98 Å². The zero-order valence-corrected chi connectivity index (χ0v) is 9.90. The molecule has 1 aromatic rings. The Morgan fingerprint density at radius 2 is 2.05 bits per heavy atom. The van der Waals surface area contributed by atoms with Crippen molar-refractivity contribution in [2.45, 2.75) is 25.1 Å². The molecule has 0 aliphatic heterocycles. The smallest absolute Gasteiger partial charge is 0.388 e. The summed E-state index contributed by atoms with van der Waals surface area (Å²) in [5, 5.41) is 8.50. The third-order valence-corrected chi connectivity index (χ3v) is 2.29. The Hall–Kier alpha value is -1.62. The van der Waals surface area contributed by atoms with Crippen LogP contribution >= 0.6 is 11.6 Å². The summed E-state index contributed by atoms with van der Waals surface area (Å²) in [7, 11) is 0. The number of nitrogens with zero attached hydrogens (tertiary/aromatic N) is 2. The Balaban J connectivity index is 3.32. The molecular weight excluding hydrogens is 295 g/mol. The first-order chi connectivity index (χ1) is 8.78. The molecule has 0 spiro atoms. The lowest BCUT2D eigenvalue weighted by Gasteiger charge is -2.14. The van der Waals surface area contributed by atoms with E-state index in [-0.39, 0.29) is 5.56 Å². The van der Waals surface area contributed by atoms with Crippen LogP contribution in [-0.4, -0.2) is 11.3 Å². The molecule has 0 atom stereocenters. The fraction of sp³-hybridized carbons (Fsp3) is 0.400. The van der Waals surface area contributed by atoms with Crippen LogP contribution in [0.1, 0.15) is 23.2 Å². The Labute approximate surface area is 109 Å². The minimum Gasteiger partial charge on any atom is -0.388 e. The van der Waals surface area contributed by atoms with Gasteiger partial charge in [0, 0.05) is 11.6 Å². The number of ether oxygens (including phenoxy) is 1. The molecule has 0 aromatic carbocycles. The lowest BCUT2D eigenvalue weighted by atomic mass is 10.0. The van der Waals surface area contributed by atoms with E-state index in [1.807, 2.05) is 0 Å². The summed E-state index contributed by atoms with van der Waals surface area (Å²) in [4.78, 5) is 3.28. The van der Waals surface area contributed by atoms with Gasteiger partial charge in [-0.3, -0.25) is 0 Å². The zero-order chi connectivity index (χ0) is 14.6. The molecular formula is C10H6ClF5N2O. The van der Waals surface area contributed by atoms with Crippen LogP contribution in [0.2, 0.25) is 0 Å². The van der Waals surface area contributed by atoms with E-state index in [0.717, 1.165) is 0 Å². The normalized spacial score (nSPS) is 11.5. The molecule has 1 aromatic heterocycles. The second kappa shape index (κ2) is 6.02. The van der Waals surface area contributed by atoms with Gasteiger partial charge in [0.2, 0.25) is 5.88 Å². The fourth-order valence-corrected chi connectivity index (χ4v) is 1.61. The molecule has 3 nitrogen and oxygen atoms in total. The molecule has 0 bridgehead atoms. The highest BCUT2D eigenvalue weighted by Gasteiger charge is 2.33. The molecule has 9 heteroatoms. The third-order valence-electron chi connectivity index (χ3n) is 2.03. The first-order valence-corrected chi connectivity index (χ1v) is 5.31. The number of halogens is 6. The van der Waals surface area contributed by atoms with Crippen molar-refractivity contribution >= 4 is 11.6 Å². The first-order valence-electron chi connectivity index (χ1n) is 4.78. The van der Waals surface area contributed by atoms with E-state index >= 15 is 0 Å². The molecule has 1 heterocycles. The SMILES string of the molecule is N#CCc1cc(OC(F)(F)F)nc(CCl)c1C(F)F. The van der Waals surface area contributed by atoms with Gasteiger partial charge in [0.25, 0.3) is 6.43 Å². The topological polar surface area (TPSA) is 45.9 Å². The highest BCUT2D eigenvalue weighted by molar-refractivity contribution is 6.17. The van der Waals surface area contributed by atoms with E-state index in [1.165, 1.54) is 0 Å². The number of rotatable bonds is 4. The molecule has 1 rings (SSSR count). The molecule has 0 N–H and O–H groups in total. The van der Waals surface area contributed by atoms with E-state index in [4.69, 9.17) is 16.9 Å². The lowest BCUT2D eigenvalue weighted by molar-refractivity contribution is -0.276. The minimum atomic E-state index is -5.01. The molecule has 0 amide bonds. The van der Waals surface area contributed by atoms with Crippen LogP contribution < -0.4 is 4.74 Å². The number of nitriles is 1. The van der Waals surface area contributed by atoms with Crippen LogP contribution in [0.4, 0.5) is 22.0 Å². The number of alkyl halides is 6. The maximum absolute atomic E-state index is 12.8.